The van der Waals surface area contributed by atoms with E-state index in [-0.39, 0.29) is 36.7 Å². The Morgan fingerprint density at radius 1 is 0.889 bits per heavy atom. The molecule has 0 aliphatic rings. The zero-order valence-corrected chi connectivity index (χ0v) is 24.3. The normalized spacial score (nSPS) is 12.1. The lowest BCUT2D eigenvalue weighted by atomic mass is 10.0. The highest BCUT2D eigenvalue weighted by atomic mass is 32.2. The van der Waals surface area contributed by atoms with Gasteiger partial charge in [-0.15, -0.1) is 0 Å². The van der Waals surface area contributed by atoms with Gasteiger partial charge in [0, 0.05) is 18.3 Å². The van der Waals surface area contributed by atoms with Crippen LogP contribution >= 0.6 is 0 Å². The molecule has 0 fully saturated rings. The minimum Gasteiger partial charge on any atom is -0.480 e. The molecule has 0 unspecified atom stereocenters. The Morgan fingerprint density at radius 2 is 1.53 bits per heavy atom. The van der Waals surface area contributed by atoms with Crippen LogP contribution in [0.4, 0.5) is 11.8 Å². The van der Waals surface area contributed by atoms with Crippen LogP contribution in [0.15, 0.2) is 53.6 Å². The molecule has 0 aliphatic heterocycles. The first-order valence-electron chi connectivity index (χ1n) is 13.4. The first-order valence-corrected chi connectivity index (χ1v) is 14.9. The molecule has 45 heavy (non-hydrogen) atoms. The third-order valence-electron chi connectivity index (χ3n) is 6.83. The summed E-state index contributed by atoms with van der Waals surface area (Å²) in [7, 11) is -4.33. The predicted octanol–water partition coefficient (Wildman–Crippen LogP) is 1.25. The first kappa shape index (κ1) is 32.4. The molecule has 2 aromatic heterocycles. The van der Waals surface area contributed by atoms with Crippen LogP contribution in [0, 0.1) is 0 Å². The summed E-state index contributed by atoms with van der Waals surface area (Å²) in [5, 5.41) is 31.0. The number of carboxylic acid groups (broad SMARTS) is 3. The number of anilines is 2. The van der Waals surface area contributed by atoms with E-state index < -0.39 is 55.9 Å². The zero-order chi connectivity index (χ0) is 32.9. The number of nitrogens with zero attached hydrogens (tertiary/aromatic N) is 2. The maximum absolute atomic E-state index is 12.8. The average Bonchev–Trinajstić information content (AvgIpc) is 3.40. The fourth-order valence-corrected chi connectivity index (χ4v) is 5.68. The number of fused-ring (bicyclic) bond motifs is 1. The third kappa shape index (κ3) is 7.89. The van der Waals surface area contributed by atoms with Gasteiger partial charge in [-0.2, -0.15) is 9.97 Å². The van der Waals surface area contributed by atoms with Crippen molar-refractivity contribution in [1.82, 2.24) is 25.0 Å². The fourth-order valence-electron chi connectivity index (χ4n) is 4.54. The van der Waals surface area contributed by atoms with Crippen LogP contribution in [0.5, 0.6) is 0 Å². The number of carbonyl (C=O) groups is 4. The number of aromatic amines is 1. The molecule has 1 atom stereocenters. The van der Waals surface area contributed by atoms with Crippen LogP contribution in [0.3, 0.4) is 0 Å². The molecular weight excluding hydrogens is 610 g/mol. The van der Waals surface area contributed by atoms with Gasteiger partial charge in [0.05, 0.1) is 21.4 Å². The van der Waals surface area contributed by atoms with E-state index in [1.54, 1.807) is 30.5 Å². The number of sulfonamides is 1. The summed E-state index contributed by atoms with van der Waals surface area (Å²) in [6, 6.07) is 7.70. The highest BCUT2D eigenvalue weighted by Crippen LogP contribution is 2.24. The summed E-state index contributed by atoms with van der Waals surface area (Å²) >= 11 is 0. The molecule has 0 spiro atoms. The molecule has 0 aliphatic carbocycles. The fraction of sp³-hybridized carbons (Fsp3) is 0.214. The standard InChI is InChI=1S/C28H29N7O9S/c29-22-21-16(13-31-23(21)35-28(30)34-22)8-5-14-3-6-15(7-4-14)24(36)33-20(27(41)42)2-1-9-32-45(43,44)19-11-17(25(37)38)10-18(12-19)26(39)40/h3-4,6-7,10-13,20,32H,1-2,5,8-9H2,(H,33,36)(H,37,38)(H,39,40)(H,41,42)(H5,29,30,31,34,35)/t20-/m0/s1. The van der Waals surface area contributed by atoms with Crippen molar-refractivity contribution < 1.29 is 42.9 Å². The van der Waals surface area contributed by atoms with Gasteiger partial charge in [-0.05, 0) is 67.1 Å². The van der Waals surface area contributed by atoms with Crippen LogP contribution in [0.2, 0.25) is 0 Å². The molecule has 2 heterocycles. The van der Waals surface area contributed by atoms with E-state index in [0.717, 1.165) is 29.3 Å². The number of nitrogen functional groups attached to an aromatic ring is 2. The zero-order valence-electron chi connectivity index (χ0n) is 23.5. The highest BCUT2D eigenvalue weighted by molar-refractivity contribution is 7.89. The summed E-state index contributed by atoms with van der Waals surface area (Å²) in [5.74, 6) is -4.65. The van der Waals surface area contributed by atoms with Crippen LogP contribution < -0.4 is 21.5 Å². The second kappa shape index (κ2) is 13.4. The molecule has 4 aromatic rings. The monoisotopic (exact) mass is 639 g/mol. The largest absolute Gasteiger partial charge is 0.480 e. The molecule has 0 saturated heterocycles. The molecule has 4 rings (SSSR count). The maximum Gasteiger partial charge on any atom is 0.335 e. The van der Waals surface area contributed by atoms with Crippen molar-refractivity contribution in [2.45, 2.75) is 36.6 Å². The topological polar surface area (TPSA) is 281 Å². The Hall–Kier alpha value is -5.55. The molecule has 236 valence electrons. The molecular formula is C28H29N7O9S. The van der Waals surface area contributed by atoms with Gasteiger partial charge in [0.2, 0.25) is 16.0 Å². The highest BCUT2D eigenvalue weighted by Gasteiger charge is 2.23. The first-order chi connectivity index (χ1) is 21.2. The number of aryl methyl sites for hydroxylation is 2. The van der Waals surface area contributed by atoms with Crippen molar-refractivity contribution in [2.75, 3.05) is 18.0 Å². The summed E-state index contributed by atoms with van der Waals surface area (Å²) in [4.78, 5) is 57.7. The van der Waals surface area contributed by atoms with Crippen molar-refractivity contribution >= 4 is 56.6 Å². The molecule has 0 bridgehead atoms. The van der Waals surface area contributed by atoms with E-state index in [1.807, 2.05) is 0 Å². The second-order valence-electron chi connectivity index (χ2n) is 9.96. The molecule has 10 N–H and O–H groups in total. The van der Waals surface area contributed by atoms with Gasteiger partial charge in [-0.1, -0.05) is 12.1 Å². The number of benzene rings is 2. The van der Waals surface area contributed by atoms with Gasteiger partial charge >= 0.3 is 17.9 Å². The van der Waals surface area contributed by atoms with E-state index >= 15 is 0 Å². The number of hydrogen-bond donors (Lipinski definition) is 8. The quantitative estimate of drug-likeness (QED) is 0.0903. The number of H-pyrrole nitrogens is 1. The van der Waals surface area contributed by atoms with E-state index in [4.69, 9.17) is 11.5 Å². The van der Waals surface area contributed by atoms with Gasteiger partial charge in [0.25, 0.3) is 5.91 Å². The van der Waals surface area contributed by atoms with Gasteiger partial charge in [0.15, 0.2) is 0 Å². The van der Waals surface area contributed by atoms with Crippen LogP contribution in [0.25, 0.3) is 11.0 Å². The number of nitrogens with one attached hydrogen (secondary N) is 3. The number of amides is 1. The predicted molar refractivity (Wildman–Crippen MR) is 160 cm³/mol. The van der Waals surface area contributed by atoms with Crippen LogP contribution in [0.1, 0.15) is 55.0 Å². The van der Waals surface area contributed by atoms with Crippen molar-refractivity contribution in [3.63, 3.8) is 0 Å². The number of carboxylic acids is 3. The molecule has 0 saturated carbocycles. The Bertz CT molecular complexity index is 1860. The Labute approximate surface area is 255 Å². The van der Waals surface area contributed by atoms with E-state index in [0.29, 0.717) is 23.9 Å². The van der Waals surface area contributed by atoms with Crippen molar-refractivity contribution in [3.8, 4) is 0 Å². The molecule has 0 radical (unpaired) electrons. The number of nitrogens with two attached hydrogens (primary N) is 2. The number of aromatic carboxylic acids is 2. The Morgan fingerprint density at radius 3 is 2.13 bits per heavy atom. The van der Waals surface area contributed by atoms with Crippen LogP contribution in [-0.2, 0) is 27.7 Å². The SMILES string of the molecule is Nc1nc(N)c2c(CCc3ccc(C(=O)N[C@@H](CCCNS(=O)(=O)c4cc(C(=O)O)cc(C(=O)O)c4)C(=O)O)cc3)c[nH]c2n1. The minimum absolute atomic E-state index is 0.0180. The Kier molecular flexibility index (Phi) is 9.63. The van der Waals surface area contributed by atoms with Crippen molar-refractivity contribution in [2.24, 2.45) is 0 Å². The number of hydrogen-bond acceptors (Lipinski definition) is 10. The Balaban J connectivity index is 1.31. The number of aliphatic carboxylic acids is 1. The van der Waals surface area contributed by atoms with E-state index in [9.17, 15) is 42.9 Å². The number of rotatable bonds is 14. The molecule has 2 aromatic carbocycles. The van der Waals surface area contributed by atoms with Gasteiger partial charge in [-0.25, -0.2) is 27.5 Å². The van der Waals surface area contributed by atoms with E-state index in [1.165, 1.54) is 0 Å². The van der Waals surface area contributed by atoms with Crippen molar-refractivity contribution in [3.05, 3.63) is 76.5 Å². The van der Waals surface area contributed by atoms with Gasteiger partial charge in [0.1, 0.15) is 17.5 Å². The minimum atomic E-state index is -4.33. The summed E-state index contributed by atoms with van der Waals surface area (Å²) < 4.78 is 27.5. The van der Waals surface area contributed by atoms with Crippen molar-refractivity contribution in [1.29, 1.82) is 0 Å². The lowest BCUT2D eigenvalue weighted by molar-refractivity contribution is -0.139. The average molecular weight is 640 g/mol. The summed E-state index contributed by atoms with van der Waals surface area (Å²) in [5.41, 5.74) is 13.1. The number of aromatic nitrogens is 3. The van der Waals surface area contributed by atoms with Crippen LogP contribution in [-0.4, -0.2) is 75.1 Å². The molecule has 16 nitrogen and oxygen atoms in total. The van der Waals surface area contributed by atoms with E-state index in [2.05, 4.69) is 25.0 Å². The summed E-state index contributed by atoms with van der Waals surface area (Å²) in [6.45, 7) is -0.266. The maximum atomic E-state index is 12.8. The lowest BCUT2D eigenvalue weighted by Gasteiger charge is -2.15. The smallest absolute Gasteiger partial charge is 0.335 e. The summed E-state index contributed by atoms with van der Waals surface area (Å²) in [6.07, 6.45) is 2.82. The molecule has 1 amide bonds. The molecule has 17 heteroatoms. The lowest BCUT2D eigenvalue weighted by Crippen LogP contribution is -2.41. The second-order valence-corrected chi connectivity index (χ2v) is 11.7. The van der Waals surface area contributed by atoms with Gasteiger partial charge < -0.3 is 37.1 Å². The number of carbonyl (C=O) groups excluding carboxylic acids is 1. The third-order valence-corrected chi connectivity index (χ3v) is 8.27. The van der Waals surface area contributed by atoms with Gasteiger partial charge in [-0.3, -0.25) is 4.79 Å².